The molecule has 0 bridgehead atoms. The van der Waals surface area contributed by atoms with Crippen LogP contribution in [0, 0.1) is 11.7 Å². The lowest BCUT2D eigenvalue weighted by atomic mass is 10.1. The maximum absolute atomic E-state index is 13.0. The van der Waals surface area contributed by atoms with Gasteiger partial charge in [0.1, 0.15) is 5.82 Å². The van der Waals surface area contributed by atoms with E-state index in [0.717, 1.165) is 12.2 Å². The topological polar surface area (TPSA) is 54.4 Å². The number of hydrogen-bond acceptors (Lipinski definition) is 4. The molecule has 1 aliphatic rings. The zero-order chi connectivity index (χ0) is 13.7. The van der Waals surface area contributed by atoms with Crippen molar-refractivity contribution in [1.82, 2.24) is 10.3 Å². The van der Waals surface area contributed by atoms with E-state index < -0.39 is 6.10 Å². The van der Waals surface area contributed by atoms with Crippen molar-refractivity contribution in [2.75, 3.05) is 19.8 Å². The summed E-state index contributed by atoms with van der Waals surface area (Å²) in [5, 5.41) is 12.9. The van der Waals surface area contributed by atoms with Gasteiger partial charge in [-0.15, -0.1) is 0 Å². The fraction of sp³-hybridized carbons (Fsp3) is 0.643. The highest BCUT2D eigenvalue weighted by Gasteiger charge is 2.21. The number of aliphatic hydroxyl groups excluding tert-OH is 1. The van der Waals surface area contributed by atoms with E-state index in [9.17, 15) is 9.50 Å². The van der Waals surface area contributed by atoms with Crippen LogP contribution in [0.1, 0.15) is 31.4 Å². The molecule has 0 amide bonds. The number of halogens is 1. The summed E-state index contributed by atoms with van der Waals surface area (Å²) in [7, 11) is 0. The molecule has 1 saturated carbocycles. The highest BCUT2D eigenvalue weighted by molar-refractivity contribution is 5.14. The van der Waals surface area contributed by atoms with Crippen molar-refractivity contribution in [3.05, 3.63) is 29.8 Å². The Bertz CT molecular complexity index is 399. The van der Waals surface area contributed by atoms with Crippen molar-refractivity contribution in [3.63, 3.8) is 0 Å². The SMILES string of the molecule is CC(NCC(O)COCC1CC1)c1cncc(F)c1. The van der Waals surface area contributed by atoms with Gasteiger partial charge < -0.3 is 15.2 Å². The van der Waals surface area contributed by atoms with E-state index in [-0.39, 0.29) is 11.9 Å². The molecule has 0 spiro atoms. The van der Waals surface area contributed by atoms with Gasteiger partial charge in [0, 0.05) is 25.4 Å². The molecule has 1 heterocycles. The summed E-state index contributed by atoms with van der Waals surface area (Å²) in [5.41, 5.74) is 0.770. The molecule has 0 saturated heterocycles. The molecule has 0 aliphatic heterocycles. The van der Waals surface area contributed by atoms with Crippen LogP contribution in [0.4, 0.5) is 4.39 Å². The van der Waals surface area contributed by atoms with Crippen LogP contribution in [0.15, 0.2) is 18.5 Å². The van der Waals surface area contributed by atoms with Gasteiger partial charge >= 0.3 is 0 Å². The number of aliphatic hydroxyl groups is 1. The number of aromatic nitrogens is 1. The van der Waals surface area contributed by atoms with Crippen molar-refractivity contribution in [2.45, 2.75) is 31.9 Å². The van der Waals surface area contributed by atoms with Gasteiger partial charge in [0.2, 0.25) is 0 Å². The van der Waals surface area contributed by atoms with E-state index in [1.54, 1.807) is 6.20 Å². The summed E-state index contributed by atoms with van der Waals surface area (Å²) in [5.74, 6) is 0.358. The Labute approximate surface area is 113 Å². The maximum atomic E-state index is 13.0. The summed E-state index contributed by atoms with van der Waals surface area (Å²) in [4.78, 5) is 3.81. The van der Waals surface area contributed by atoms with E-state index in [0.29, 0.717) is 19.1 Å². The van der Waals surface area contributed by atoms with Crippen molar-refractivity contribution in [2.24, 2.45) is 5.92 Å². The molecular formula is C14H21FN2O2. The van der Waals surface area contributed by atoms with Crippen LogP contribution in [0.25, 0.3) is 0 Å². The molecule has 1 fully saturated rings. The van der Waals surface area contributed by atoms with Gasteiger partial charge in [-0.1, -0.05) is 0 Å². The zero-order valence-corrected chi connectivity index (χ0v) is 11.2. The number of rotatable bonds is 8. The number of ether oxygens (including phenoxy) is 1. The lowest BCUT2D eigenvalue weighted by Crippen LogP contribution is -2.32. The molecule has 2 atom stereocenters. The lowest BCUT2D eigenvalue weighted by molar-refractivity contribution is 0.0315. The largest absolute Gasteiger partial charge is 0.389 e. The number of nitrogens with one attached hydrogen (secondary N) is 1. The monoisotopic (exact) mass is 268 g/mol. The van der Waals surface area contributed by atoms with Gasteiger partial charge in [-0.25, -0.2) is 4.39 Å². The van der Waals surface area contributed by atoms with Crippen LogP contribution in [0.3, 0.4) is 0 Å². The molecule has 2 N–H and O–H groups in total. The molecule has 1 aromatic rings. The summed E-state index contributed by atoms with van der Waals surface area (Å²) < 4.78 is 18.4. The minimum Gasteiger partial charge on any atom is -0.389 e. The Morgan fingerprint density at radius 2 is 2.32 bits per heavy atom. The van der Waals surface area contributed by atoms with Crippen molar-refractivity contribution in [1.29, 1.82) is 0 Å². The van der Waals surface area contributed by atoms with Crippen LogP contribution < -0.4 is 5.32 Å². The van der Waals surface area contributed by atoms with Gasteiger partial charge in [-0.05, 0) is 37.3 Å². The molecule has 106 valence electrons. The van der Waals surface area contributed by atoms with Crippen molar-refractivity contribution >= 4 is 0 Å². The third-order valence-electron chi connectivity index (χ3n) is 3.25. The van der Waals surface area contributed by atoms with Crippen LogP contribution in [0.2, 0.25) is 0 Å². The van der Waals surface area contributed by atoms with Crippen LogP contribution in [-0.4, -0.2) is 36.0 Å². The van der Waals surface area contributed by atoms with Gasteiger partial charge in [-0.2, -0.15) is 0 Å². The first kappa shape index (κ1) is 14.4. The van der Waals surface area contributed by atoms with Crippen molar-refractivity contribution in [3.8, 4) is 0 Å². The van der Waals surface area contributed by atoms with Gasteiger partial charge in [0.15, 0.2) is 0 Å². The molecule has 2 rings (SSSR count). The summed E-state index contributed by atoms with van der Waals surface area (Å²) in [6.45, 7) is 3.43. The number of hydrogen-bond donors (Lipinski definition) is 2. The van der Waals surface area contributed by atoms with Crippen LogP contribution in [0.5, 0.6) is 0 Å². The first-order valence-electron chi connectivity index (χ1n) is 6.75. The summed E-state index contributed by atoms with van der Waals surface area (Å²) in [6.07, 6.45) is 4.76. The zero-order valence-electron chi connectivity index (χ0n) is 11.2. The first-order valence-corrected chi connectivity index (χ1v) is 6.75. The smallest absolute Gasteiger partial charge is 0.141 e. The fourth-order valence-electron chi connectivity index (χ4n) is 1.81. The van der Waals surface area contributed by atoms with E-state index in [1.165, 1.54) is 25.1 Å². The quantitative estimate of drug-likeness (QED) is 0.753. The Hall–Kier alpha value is -1.04. The molecule has 1 aliphatic carbocycles. The summed E-state index contributed by atoms with van der Waals surface area (Å²) >= 11 is 0. The second kappa shape index (κ2) is 6.93. The highest BCUT2D eigenvalue weighted by atomic mass is 19.1. The van der Waals surface area contributed by atoms with Gasteiger partial charge in [0.25, 0.3) is 0 Å². The number of pyridine rings is 1. The molecule has 4 nitrogen and oxygen atoms in total. The lowest BCUT2D eigenvalue weighted by Gasteiger charge is -2.17. The van der Waals surface area contributed by atoms with E-state index in [4.69, 9.17) is 4.74 Å². The van der Waals surface area contributed by atoms with Gasteiger partial charge in [0.05, 0.1) is 18.9 Å². The molecule has 5 heteroatoms. The minimum absolute atomic E-state index is 0.0544. The third kappa shape index (κ3) is 5.22. The molecule has 2 unspecified atom stereocenters. The molecule has 19 heavy (non-hydrogen) atoms. The molecule has 0 aromatic carbocycles. The highest BCUT2D eigenvalue weighted by Crippen LogP contribution is 2.28. The van der Waals surface area contributed by atoms with Gasteiger partial charge in [-0.3, -0.25) is 4.98 Å². The summed E-state index contributed by atoms with van der Waals surface area (Å²) in [6, 6.07) is 1.39. The molecule has 1 aromatic heterocycles. The number of nitrogens with zero attached hydrogens (tertiary/aromatic N) is 1. The van der Waals surface area contributed by atoms with Crippen molar-refractivity contribution < 1.29 is 14.2 Å². The Morgan fingerprint density at radius 3 is 3.00 bits per heavy atom. The average Bonchev–Trinajstić information content (AvgIpc) is 3.20. The standard InChI is InChI=1S/C14H21FN2O2/c1-10(12-4-13(15)6-16-5-12)17-7-14(18)9-19-8-11-2-3-11/h4-6,10-11,14,17-18H,2-3,7-9H2,1H3. The Kier molecular flexibility index (Phi) is 5.24. The predicted molar refractivity (Wildman–Crippen MR) is 70.2 cm³/mol. The second-order valence-electron chi connectivity index (χ2n) is 5.20. The second-order valence-corrected chi connectivity index (χ2v) is 5.20. The Balaban J connectivity index is 1.65. The van der Waals surface area contributed by atoms with Crippen LogP contribution in [-0.2, 0) is 4.74 Å². The third-order valence-corrected chi connectivity index (χ3v) is 3.25. The predicted octanol–water partition coefficient (Wildman–Crippen LogP) is 1.66. The van der Waals surface area contributed by atoms with Crippen LogP contribution >= 0.6 is 0 Å². The fourth-order valence-corrected chi connectivity index (χ4v) is 1.81. The van der Waals surface area contributed by atoms with E-state index >= 15 is 0 Å². The first-order chi connectivity index (χ1) is 9.15. The Morgan fingerprint density at radius 1 is 1.53 bits per heavy atom. The van der Waals surface area contributed by atoms with E-state index in [2.05, 4.69) is 10.3 Å². The minimum atomic E-state index is -0.539. The van der Waals surface area contributed by atoms with E-state index in [1.807, 2.05) is 6.92 Å². The maximum Gasteiger partial charge on any atom is 0.141 e. The molecule has 0 radical (unpaired) electrons. The average molecular weight is 268 g/mol. The molecular weight excluding hydrogens is 247 g/mol. The normalized spacial score (nSPS) is 18.3.